The Morgan fingerprint density at radius 3 is 1.80 bits per heavy atom. The van der Waals surface area contributed by atoms with E-state index in [1.54, 1.807) is 0 Å². The molecule has 0 aromatic heterocycles. The summed E-state index contributed by atoms with van der Waals surface area (Å²) < 4.78 is 0. The van der Waals surface area contributed by atoms with E-state index in [4.69, 9.17) is 9.90 Å². The predicted octanol–water partition coefficient (Wildman–Crippen LogP) is -3.19. The summed E-state index contributed by atoms with van der Waals surface area (Å²) in [7, 11) is 0. The summed E-state index contributed by atoms with van der Waals surface area (Å²) in [5, 5.41) is 6.89. The molecule has 0 atom stereocenters. The number of hydrogen-bond donors (Lipinski definition) is 1. The Kier molecular flexibility index (Phi) is 83.7. The third kappa shape index (κ3) is 95.1. The van der Waals surface area contributed by atoms with Crippen molar-refractivity contribution in [2.24, 2.45) is 0 Å². The van der Waals surface area contributed by atoms with E-state index in [-0.39, 0.29) is 43.3 Å². The monoisotopic (exact) mass is 112 g/mol. The Balaban J connectivity index is -0.00000000667. The summed E-state index contributed by atoms with van der Waals surface area (Å²) in [6, 6.07) is 0. The van der Waals surface area contributed by atoms with Crippen LogP contribution in [0, 0.1) is 0 Å². The van der Waals surface area contributed by atoms with Crippen LogP contribution in [0.3, 0.4) is 0 Å². The van der Waals surface area contributed by atoms with Crippen LogP contribution >= 0.6 is 0 Å². The van der Waals surface area contributed by atoms with Crippen LogP contribution in [0.25, 0.3) is 0 Å². The molecule has 0 saturated carbocycles. The van der Waals surface area contributed by atoms with Gasteiger partial charge in [-0.25, -0.2) is 0 Å². The van der Waals surface area contributed by atoms with Crippen molar-refractivity contribution in [3.8, 4) is 0 Å². The molecule has 0 saturated heterocycles. The second-order valence-electron chi connectivity index (χ2n) is 0.105. The van der Waals surface area contributed by atoms with Crippen LogP contribution in [-0.4, -0.2) is 11.6 Å². The molecule has 4 heteroatoms. The van der Waals surface area contributed by atoms with Crippen molar-refractivity contribution < 1.29 is 46.7 Å². The second kappa shape index (κ2) is 23.7. The van der Waals surface area contributed by atoms with Gasteiger partial charge in [-0.05, 0) is 0 Å². The summed E-state index contributed by atoms with van der Waals surface area (Å²) in [5.74, 6) is 0. The molecule has 0 aliphatic rings. The Morgan fingerprint density at radius 2 is 1.80 bits per heavy atom. The Hall–Kier alpha value is 0.561. The Bertz CT molecular complexity index is 21.0. The van der Waals surface area contributed by atoms with Crippen LogP contribution in [0.2, 0.25) is 0 Å². The van der Waals surface area contributed by atoms with Crippen LogP contribution in [-0.2, 0) is 21.3 Å². The second-order valence-corrected chi connectivity index (χ2v) is 0.105. The minimum Gasteiger partial charge on any atom is -1.00 e. The first-order valence-electron chi connectivity index (χ1n) is 0.494. The van der Waals surface area contributed by atoms with Gasteiger partial charge in [0, 0.05) is 16.5 Å². The van der Waals surface area contributed by atoms with E-state index in [9.17, 15) is 0 Å². The number of hydrogen-bond acceptors (Lipinski definition) is 1. The average Bonchev–Trinajstić information content (AvgIpc) is 0.918. The topological polar surface area (TPSA) is 37.3 Å². The van der Waals surface area contributed by atoms with Crippen LogP contribution in [0.1, 0.15) is 1.43 Å². The first kappa shape index (κ1) is 17.6. The maximum Gasteiger partial charge on any atom is 1.00 e. The van der Waals surface area contributed by atoms with Gasteiger partial charge in [-0.2, -0.15) is 0 Å². The van der Waals surface area contributed by atoms with Crippen LogP contribution in [0.15, 0.2) is 0 Å². The quantitative estimate of drug-likeness (QED) is 0.265. The van der Waals surface area contributed by atoms with E-state index < -0.39 is 0 Å². The normalized spacial score (nSPS) is 2.40. The fourth-order valence-electron chi connectivity index (χ4n) is 0. The molecule has 0 fully saturated rings. The van der Waals surface area contributed by atoms with Crippen molar-refractivity contribution in [2.75, 3.05) is 0 Å². The standard InChI is InChI=1S/CH2O2.Li.Ni.H/c2-1-3;;;/h1H,(H,2,3);;;/q;+1;;-1. The summed E-state index contributed by atoms with van der Waals surface area (Å²) in [5.41, 5.74) is 0. The van der Waals surface area contributed by atoms with E-state index in [1.807, 2.05) is 0 Å². The molecule has 5 heavy (non-hydrogen) atoms. The molecule has 2 nitrogen and oxygen atoms in total. The molecule has 0 amide bonds. The molecule has 0 aromatic rings. The summed E-state index contributed by atoms with van der Waals surface area (Å²) >= 11 is 0. The van der Waals surface area contributed by atoms with E-state index in [1.165, 1.54) is 0 Å². The van der Waals surface area contributed by atoms with Gasteiger partial charge in [-0.15, -0.1) is 0 Å². The molecule has 0 unspecified atom stereocenters. The summed E-state index contributed by atoms with van der Waals surface area (Å²) in [6.07, 6.45) is 0. The predicted molar refractivity (Wildman–Crippen MR) is 9.80 cm³/mol. The van der Waals surface area contributed by atoms with Gasteiger partial charge in [0.05, 0.1) is 0 Å². The molecule has 1 N–H and O–H groups in total. The van der Waals surface area contributed by atoms with Crippen molar-refractivity contribution in [3.05, 3.63) is 0 Å². The number of carboxylic acid groups (broad SMARTS) is 1. The smallest absolute Gasteiger partial charge is 1.00 e. The SMILES string of the molecule is O=CO.[H-].[Li+].[Ni]. The first-order valence-corrected chi connectivity index (χ1v) is 0.494. The Labute approximate surface area is 53.5 Å². The largest absolute Gasteiger partial charge is 1.00 e. The minimum absolute atomic E-state index is 0. The average molecular weight is 113 g/mol. The zero-order valence-corrected chi connectivity index (χ0v) is 3.74. The molecule has 0 heterocycles. The molecule has 0 bridgehead atoms. The summed E-state index contributed by atoms with van der Waals surface area (Å²) in [4.78, 5) is 8.36. The molecular formula is CH3LiNiO2. The summed E-state index contributed by atoms with van der Waals surface area (Å²) in [6.45, 7) is -0.250. The molecule has 0 spiro atoms. The van der Waals surface area contributed by atoms with Crippen LogP contribution in [0.4, 0.5) is 0 Å². The molecule has 0 rings (SSSR count). The van der Waals surface area contributed by atoms with E-state index in [2.05, 4.69) is 0 Å². The van der Waals surface area contributed by atoms with Crippen molar-refractivity contribution in [1.29, 1.82) is 0 Å². The van der Waals surface area contributed by atoms with Crippen LogP contribution in [0.5, 0.6) is 0 Å². The van der Waals surface area contributed by atoms with Crippen molar-refractivity contribution >= 4 is 6.47 Å². The molecular weight excluding hydrogens is 110 g/mol. The van der Waals surface area contributed by atoms with Gasteiger partial charge in [0.2, 0.25) is 0 Å². The van der Waals surface area contributed by atoms with Crippen LogP contribution < -0.4 is 18.9 Å². The Morgan fingerprint density at radius 1 is 1.80 bits per heavy atom. The fraction of sp³-hybridized carbons (Fsp3) is 0. The van der Waals surface area contributed by atoms with Gasteiger partial charge >= 0.3 is 18.9 Å². The molecule has 0 aromatic carbocycles. The molecule has 0 aliphatic carbocycles. The van der Waals surface area contributed by atoms with E-state index in [0.29, 0.717) is 0 Å². The van der Waals surface area contributed by atoms with E-state index in [0.717, 1.165) is 0 Å². The van der Waals surface area contributed by atoms with Gasteiger partial charge in [-0.3, -0.25) is 4.79 Å². The zero-order valence-electron chi connectivity index (χ0n) is 3.75. The van der Waals surface area contributed by atoms with E-state index >= 15 is 0 Å². The van der Waals surface area contributed by atoms with Crippen molar-refractivity contribution in [3.63, 3.8) is 0 Å². The fourth-order valence-corrected chi connectivity index (χ4v) is 0. The third-order valence-electron chi connectivity index (χ3n) is 0. The maximum absolute atomic E-state index is 8.36. The van der Waals surface area contributed by atoms with Gasteiger partial charge in [0.15, 0.2) is 0 Å². The molecule has 30 valence electrons. The van der Waals surface area contributed by atoms with Gasteiger partial charge in [0.1, 0.15) is 0 Å². The van der Waals surface area contributed by atoms with Gasteiger partial charge in [-0.1, -0.05) is 0 Å². The molecule has 0 aliphatic heterocycles. The van der Waals surface area contributed by atoms with Gasteiger partial charge < -0.3 is 6.53 Å². The first-order chi connectivity index (χ1) is 1.41. The third-order valence-corrected chi connectivity index (χ3v) is 0. The minimum atomic E-state index is -0.250. The van der Waals surface area contributed by atoms with Gasteiger partial charge in [0.25, 0.3) is 6.47 Å². The molecule has 0 radical (unpaired) electrons. The van der Waals surface area contributed by atoms with Crippen molar-refractivity contribution in [2.45, 2.75) is 0 Å². The maximum atomic E-state index is 8.36. The number of carbonyl (C=O) groups is 1. The zero-order chi connectivity index (χ0) is 2.71. The number of rotatable bonds is 0. The van der Waals surface area contributed by atoms with Crippen molar-refractivity contribution in [1.82, 2.24) is 0 Å².